The molecule has 0 radical (unpaired) electrons. The molecule has 6 nitrogen and oxygen atoms in total. The Labute approximate surface area is 114 Å². The fourth-order valence-electron chi connectivity index (χ4n) is 1.81. The van der Waals surface area contributed by atoms with Gasteiger partial charge in [-0.25, -0.2) is 4.98 Å². The van der Waals surface area contributed by atoms with Gasteiger partial charge in [-0.1, -0.05) is 0 Å². The van der Waals surface area contributed by atoms with E-state index in [1.54, 1.807) is 17.4 Å². The summed E-state index contributed by atoms with van der Waals surface area (Å²) in [5, 5.41) is 13.7. The number of thiazole rings is 1. The second-order valence-electron chi connectivity index (χ2n) is 4.21. The van der Waals surface area contributed by atoms with E-state index in [0.717, 1.165) is 16.4 Å². The maximum absolute atomic E-state index is 10.7. The van der Waals surface area contributed by atoms with Crippen LogP contribution in [0.1, 0.15) is 10.7 Å². The summed E-state index contributed by atoms with van der Waals surface area (Å²) in [7, 11) is 1.88. The Bertz CT molecular complexity index is 612. The number of nitrogens with zero attached hydrogens (tertiary/aromatic N) is 3. The van der Waals surface area contributed by atoms with Crippen LogP contribution in [-0.2, 0) is 6.54 Å². The Balaban J connectivity index is 2.19. The van der Waals surface area contributed by atoms with E-state index in [9.17, 15) is 10.1 Å². The molecule has 100 valence electrons. The van der Waals surface area contributed by atoms with Crippen LogP contribution in [0.3, 0.4) is 0 Å². The van der Waals surface area contributed by atoms with Crippen LogP contribution in [-0.4, -0.2) is 17.0 Å². The average Bonchev–Trinajstić information content (AvgIpc) is 2.74. The Morgan fingerprint density at radius 1 is 1.53 bits per heavy atom. The second-order valence-corrected chi connectivity index (χ2v) is 5.28. The van der Waals surface area contributed by atoms with Crippen LogP contribution in [0.4, 0.5) is 17.1 Å². The van der Waals surface area contributed by atoms with E-state index in [1.165, 1.54) is 12.1 Å². The van der Waals surface area contributed by atoms with E-state index in [4.69, 9.17) is 5.73 Å². The maximum atomic E-state index is 10.7. The number of anilines is 2. The van der Waals surface area contributed by atoms with E-state index >= 15 is 0 Å². The van der Waals surface area contributed by atoms with Crippen LogP contribution >= 0.6 is 11.3 Å². The first kappa shape index (κ1) is 13.3. The third kappa shape index (κ3) is 3.00. The van der Waals surface area contributed by atoms with Crippen LogP contribution in [0.2, 0.25) is 0 Å². The zero-order chi connectivity index (χ0) is 14.0. The zero-order valence-electron chi connectivity index (χ0n) is 10.7. The maximum Gasteiger partial charge on any atom is 0.271 e. The molecule has 0 saturated carbocycles. The van der Waals surface area contributed by atoms with Gasteiger partial charge in [0.2, 0.25) is 0 Å². The number of benzene rings is 1. The number of aromatic nitrogens is 1. The number of nitrogen functional groups attached to an aromatic ring is 1. The molecule has 2 aromatic rings. The van der Waals surface area contributed by atoms with Crippen LogP contribution in [0.5, 0.6) is 0 Å². The number of hydrogen-bond donors (Lipinski definition) is 1. The van der Waals surface area contributed by atoms with Crippen molar-refractivity contribution in [3.05, 3.63) is 44.4 Å². The summed E-state index contributed by atoms with van der Waals surface area (Å²) in [5.41, 5.74) is 7.97. The lowest BCUT2D eigenvalue weighted by Crippen LogP contribution is -2.18. The molecule has 0 aliphatic carbocycles. The van der Waals surface area contributed by atoms with Crippen molar-refractivity contribution in [2.45, 2.75) is 13.5 Å². The summed E-state index contributed by atoms with van der Waals surface area (Å²) >= 11 is 1.59. The number of nitro groups is 1. The zero-order valence-corrected chi connectivity index (χ0v) is 11.5. The van der Waals surface area contributed by atoms with Gasteiger partial charge in [-0.2, -0.15) is 0 Å². The molecule has 1 aromatic carbocycles. The van der Waals surface area contributed by atoms with Crippen molar-refractivity contribution < 1.29 is 4.92 Å². The minimum Gasteiger partial charge on any atom is -0.397 e. The SMILES string of the molecule is Cc1nc(CN(C)c2ccc([N+](=O)[O-])cc2N)cs1. The van der Waals surface area contributed by atoms with Gasteiger partial charge in [0.1, 0.15) is 0 Å². The molecule has 0 spiro atoms. The topological polar surface area (TPSA) is 85.3 Å². The predicted octanol–water partition coefficient (Wildman–Crippen LogP) is 2.58. The van der Waals surface area contributed by atoms with Gasteiger partial charge in [-0.15, -0.1) is 11.3 Å². The lowest BCUT2D eigenvalue weighted by atomic mass is 10.2. The van der Waals surface area contributed by atoms with Gasteiger partial charge >= 0.3 is 0 Å². The minimum absolute atomic E-state index is 0.000784. The highest BCUT2D eigenvalue weighted by Gasteiger charge is 2.12. The van der Waals surface area contributed by atoms with Crippen molar-refractivity contribution in [2.24, 2.45) is 0 Å². The van der Waals surface area contributed by atoms with Crippen LogP contribution in [0.25, 0.3) is 0 Å². The third-order valence-corrected chi connectivity index (χ3v) is 3.52. The Kier molecular flexibility index (Phi) is 3.66. The smallest absolute Gasteiger partial charge is 0.271 e. The molecule has 0 amide bonds. The van der Waals surface area contributed by atoms with Crippen molar-refractivity contribution in [1.82, 2.24) is 4.98 Å². The first-order valence-corrected chi connectivity index (χ1v) is 6.51. The molecule has 19 heavy (non-hydrogen) atoms. The molecule has 2 N–H and O–H groups in total. The number of hydrogen-bond acceptors (Lipinski definition) is 6. The van der Waals surface area contributed by atoms with Crippen molar-refractivity contribution in [2.75, 3.05) is 17.7 Å². The molecule has 0 atom stereocenters. The highest BCUT2D eigenvalue weighted by Crippen LogP contribution is 2.27. The van der Waals surface area contributed by atoms with Gasteiger partial charge in [0.25, 0.3) is 5.69 Å². The summed E-state index contributed by atoms with van der Waals surface area (Å²) in [6, 6.07) is 4.49. The molecule has 7 heteroatoms. The number of non-ortho nitro benzene ring substituents is 1. The average molecular weight is 278 g/mol. The van der Waals surface area contributed by atoms with Crippen molar-refractivity contribution in [1.29, 1.82) is 0 Å². The quantitative estimate of drug-likeness (QED) is 0.528. The standard InChI is InChI=1S/C12H14N4O2S/c1-8-14-9(7-19-8)6-15(2)12-4-3-10(16(17)18)5-11(12)13/h3-5,7H,6,13H2,1-2H3. The molecule has 0 aliphatic rings. The molecular weight excluding hydrogens is 264 g/mol. The van der Waals surface area contributed by atoms with E-state index in [1.807, 2.05) is 24.3 Å². The summed E-state index contributed by atoms with van der Waals surface area (Å²) in [6.07, 6.45) is 0. The van der Waals surface area contributed by atoms with Crippen LogP contribution < -0.4 is 10.6 Å². The molecule has 0 saturated heterocycles. The Hall–Kier alpha value is -2.15. The largest absolute Gasteiger partial charge is 0.397 e. The predicted molar refractivity (Wildman–Crippen MR) is 76.5 cm³/mol. The normalized spacial score (nSPS) is 10.4. The van der Waals surface area contributed by atoms with Crippen LogP contribution in [0, 0.1) is 17.0 Å². The van der Waals surface area contributed by atoms with Gasteiger partial charge in [-0.3, -0.25) is 10.1 Å². The molecule has 1 heterocycles. The van der Waals surface area contributed by atoms with Crippen molar-refractivity contribution in [3.63, 3.8) is 0 Å². The monoisotopic (exact) mass is 278 g/mol. The van der Waals surface area contributed by atoms with E-state index in [2.05, 4.69) is 4.98 Å². The first-order chi connectivity index (χ1) is 8.97. The lowest BCUT2D eigenvalue weighted by molar-refractivity contribution is -0.384. The molecule has 0 fully saturated rings. The number of aryl methyl sites for hydroxylation is 1. The Morgan fingerprint density at radius 3 is 2.79 bits per heavy atom. The van der Waals surface area contributed by atoms with Gasteiger partial charge < -0.3 is 10.6 Å². The summed E-state index contributed by atoms with van der Waals surface area (Å²) in [4.78, 5) is 16.5. The van der Waals surface area contributed by atoms with Gasteiger partial charge in [-0.05, 0) is 13.0 Å². The minimum atomic E-state index is -0.454. The van der Waals surface area contributed by atoms with Gasteiger partial charge in [0, 0.05) is 24.6 Å². The van der Waals surface area contributed by atoms with E-state index in [0.29, 0.717) is 12.2 Å². The molecular formula is C12H14N4O2S. The van der Waals surface area contributed by atoms with Crippen molar-refractivity contribution in [3.8, 4) is 0 Å². The summed E-state index contributed by atoms with van der Waals surface area (Å²) < 4.78 is 0. The van der Waals surface area contributed by atoms with Gasteiger partial charge in [0.15, 0.2) is 0 Å². The molecule has 1 aromatic heterocycles. The highest BCUT2D eigenvalue weighted by atomic mass is 32.1. The number of nitrogens with two attached hydrogens (primary N) is 1. The molecule has 0 aliphatic heterocycles. The molecule has 0 bridgehead atoms. The number of nitro benzene ring substituents is 1. The van der Waals surface area contributed by atoms with Gasteiger partial charge in [0.05, 0.1) is 33.5 Å². The van der Waals surface area contributed by atoms with E-state index in [-0.39, 0.29) is 5.69 Å². The fourth-order valence-corrected chi connectivity index (χ4v) is 2.42. The van der Waals surface area contributed by atoms with Crippen LogP contribution in [0.15, 0.2) is 23.6 Å². The lowest BCUT2D eigenvalue weighted by Gasteiger charge is -2.19. The fraction of sp³-hybridized carbons (Fsp3) is 0.250. The number of rotatable bonds is 4. The summed E-state index contributed by atoms with van der Waals surface area (Å²) in [6.45, 7) is 2.57. The van der Waals surface area contributed by atoms with E-state index < -0.39 is 4.92 Å². The third-order valence-electron chi connectivity index (χ3n) is 2.70. The van der Waals surface area contributed by atoms with Crippen molar-refractivity contribution >= 4 is 28.4 Å². The molecule has 2 rings (SSSR count). The first-order valence-electron chi connectivity index (χ1n) is 5.63. The highest BCUT2D eigenvalue weighted by molar-refractivity contribution is 7.09. The second kappa shape index (κ2) is 5.23. The summed E-state index contributed by atoms with van der Waals surface area (Å²) in [5.74, 6) is 0. The Morgan fingerprint density at radius 2 is 2.26 bits per heavy atom. The molecule has 0 unspecified atom stereocenters.